The monoisotopic (exact) mass is 501 g/mol. The Morgan fingerprint density at radius 1 is 0.921 bits per heavy atom. The molecular weight excluding hydrogens is 478 g/mol. The Labute approximate surface area is 219 Å². The van der Waals surface area contributed by atoms with Gasteiger partial charge >= 0.3 is 0 Å². The van der Waals surface area contributed by atoms with Gasteiger partial charge in [-0.15, -0.1) is 0 Å². The molecular formula is C31H23N3O4. The molecule has 3 atom stereocenters. The Morgan fingerprint density at radius 3 is 2.21 bits per heavy atom. The van der Waals surface area contributed by atoms with E-state index >= 15 is 0 Å². The highest BCUT2D eigenvalue weighted by molar-refractivity contribution is 6.18. The number of benzene rings is 3. The van der Waals surface area contributed by atoms with Gasteiger partial charge in [-0.25, -0.2) is 0 Å². The lowest BCUT2D eigenvalue weighted by atomic mass is 9.47. The molecule has 0 radical (unpaired) electrons. The van der Waals surface area contributed by atoms with Crippen molar-refractivity contribution in [1.82, 2.24) is 0 Å². The highest BCUT2D eigenvalue weighted by Gasteiger charge is 2.72. The standard InChI is InChI=1S/C31H23N3O4/c1-37-21-12-13-24-23(14-21)31(29(36)34-24)28-25(35)16-26(20-10-6-3-7-11-20)38-27(28)15-22(30(31,17-32)18-33)19-8-4-2-5-9-19/h2-14,22,26H,15-16H2,1H3,(H,34,36)/t22-,26+,31?/m1/s1. The molecule has 3 aromatic carbocycles. The molecule has 2 aliphatic heterocycles. The molecule has 1 spiro atoms. The van der Waals surface area contributed by atoms with Crippen molar-refractivity contribution >= 4 is 17.4 Å². The lowest BCUT2D eigenvalue weighted by Crippen LogP contribution is -2.58. The van der Waals surface area contributed by atoms with Crippen molar-refractivity contribution in [3.63, 3.8) is 0 Å². The number of allylic oxidation sites excluding steroid dienone is 1. The number of methoxy groups -OCH3 is 1. The molecule has 0 saturated heterocycles. The van der Waals surface area contributed by atoms with Crippen LogP contribution in [-0.2, 0) is 19.7 Å². The van der Waals surface area contributed by atoms with E-state index in [1.165, 1.54) is 7.11 Å². The molecule has 0 bridgehead atoms. The fraction of sp³-hybridized carbons (Fsp3) is 0.226. The third-order valence-corrected chi connectivity index (χ3v) is 8.04. The van der Waals surface area contributed by atoms with E-state index in [0.29, 0.717) is 28.3 Å². The number of amides is 1. The van der Waals surface area contributed by atoms with Crippen molar-refractivity contribution in [3.8, 4) is 17.9 Å². The first-order valence-corrected chi connectivity index (χ1v) is 12.4. The smallest absolute Gasteiger partial charge is 0.242 e. The minimum Gasteiger partial charge on any atom is -0.497 e. The first kappa shape index (κ1) is 23.5. The van der Waals surface area contributed by atoms with Crippen molar-refractivity contribution in [2.24, 2.45) is 5.41 Å². The van der Waals surface area contributed by atoms with Crippen LogP contribution < -0.4 is 10.1 Å². The number of ether oxygens (including phenoxy) is 2. The maximum Gasteiger partial charge on any atom is 0.242 e. The number of hydrogen-bond acceptors (Lipinski definition) is 6. The van der Waals surface area contributed by atoms with Crippen molar-refractivity contribution in [2.45, 2.75) is 30.3 Å². The molecule has 186 valence electrons. The molecule has 1 unspecified atom stereocenters. The summed E-state index contributed by atoms with van der Waals surface area (Å²) >= 11 is 0. The first-order valence-electron chi connectivity index (χ1n) is 12.4. The quantitative estimate of drug-likeness (QED) is 0.535. The first-order chi connectivity index (χ1) is 18.5. The zero-order chi connectivity index (χ0) is 26.5. The van der Waals surface area contributed by atoms with Crippen LogP contribution in [0.2, 0.25) is 0 Å². The Kier molecular flexibility index (Phi) is 5.33. The minimum atomic E-state index is -1.94. The predicted molar refractivity (Wildman–Crippen MR) is 138 cm³/mol. The van der Waals surface area contributed by atoms with Crippen LogP contribution in [0.4, 0.5) is 5.69 Å². The Balaban J connectivity index is 1.68. The van der Waals surface area contributed by atoms with E-state index in [0.717, 1.165) is 5.56 Å². The summed E-state index contributed by atoms with van der Waals surface area (Å²) in [5.74, 6) is -0.863. The largest absolute Gasteiger partial charge is 0.497 e. The number of nitriles is 2. The number of anilines is 1. The Hall–Kier alpha value is -4.88. The summed E-state index contributed by atoms with van der Waals surface area (Å²) in [5, 5.41) is 24.5. The van der Waals surface area contributed by atoms with E-state index in [9.17, 15) is 20.1 Å². The van der Waals surface area contributed by atoms with Gasteiger partial charge in [-0.3, -0.25) is 9.59 Å². The topological polar surface area (TPSA) is 112 Å². The van der Waals surface area contributed by atoms with E-state index in [-0.39, 0.29) is 24.2 Å². The number of ketones is 1. The summed E-state index contributed by atoms with van der Waals surface area (Å²) in [6.07, 6.45) is -0.425. The Morgan fingerprint density at radius 2 is 1.58 bits per heavy atom. The predicted octanol–water partition coefficient (Wildman–Crippen LogP) is 5.09. The fourth-order valence-corrected chi connectivity index (χ4v) is 6.37. The van der Waals surface area contributed by atoms with Gasteiger partial charge in [0.15, 0.2) is 11.2 Å². The van der Waals surface area contributed by atoms with Gasteiger partial charge in [0.25, 0.3) is 0 Å². The molecule has 1 N–H and O–H groups in total. The van der Waals surface area contributed by atoms with Gasteiger partial charge in [0.1, 0.15) is 23.0 Å². The fourth-order valence-electron chi connectivity index (χ4n) is 6.37. The Bertz CT molecular complexity index is 1570. The van der Waals surface area contributed by atoms with Crippen LogP contribution in [0, 0.1) is 28.1 Å². The molecule has 7 heteroatoms. The zero-order valence-electron chi connectivity index (χ0n) is 20.6. The maximum absolute atomic E-state index is 14.2. The van der Waals surface area contributed by atoms with E-state index in [4.69, 9.17) is 9.47 Å². The van der Waals surface area contributed by atoms with Crippen molar-refractivity contribution in [2.75, 3.05) is 12.4 Å². The normalized spacial score (nSPS) is 24.9. The van der Waals surface area contributed by atoms with Gasteiger partial charge in [-0.1, -0.05) is 60.7 Å². The highest BCUT2D eigenvalue weighted by Crippen LogP contribution is 2.65. The van der Waals surface area contributed by atoms with Gasteiger partial charge in [-0.05, 0) is 29.3 Å². The minimum absolute atomic E-state index is 0.0138. The molecule has 1 amide bonds. The number of nitrogens with zero attached hydrogens (tertiary/aromatic N) is 2. The summed E-state index contributed by atoms with van der Waals surface area (Å²) in [4.78, 5) is 28.3. The number of carbonyl (C=O) groups excluding carboxylic acids is 2. The van der Waals surface area contributed by atoms with Crippen LogP contribution in [0.5, 0.6) is 5.75 Å². The van der Waals surface area contributed by atoms with Crippen LogP contribution in [0.25, 0.3) is 0 Å². The molecule has 0 saturated carbocycles. The second-order valence-corrected chi connectivity index (χ2v) is 9.76. The molecule has 2 heterocycles. The van der Waals surface area contributed by atoms with Gasteiger partial charge in [0.2, 0.25) is 5.91 Å². The average molecular weight is 502 g/mol. The van der Waals surface area contributed by atoms with Crippen LogP contribution >= 0.6 is 0 Å². The molecule has 0 fully saturated rings. The lowest BCUT2D eigenvalue weighted by Gasteiger charge is -2.49. The second-order valence-electron chi connectivity index (χ2n) is 9.76. The van der Waals surface area contributed by atoms with E-state index in [1.807, 2.05) is 60.7 Å². The van der Waals surface area contributed by atoms with Crippen molar-refractivity contribution in [1.29, 1.82) is 10.5 Å². The average Bonchev–Trinajstić information content (AvgIpc) is 3.25. The van der Waals surface area contributed by atoms with Crippen LogP contribution in [0.3, 0.4) is 0 Å². The zero-order valence-corrected chi connectivity index (χ0v) is 20.6. The van der Waals surface area contributed by atoms with Crippen molar-refractivity contribution in [3.05, 3.63) is 107 Å². The van der Waals surface area contributed by atoms with E-state index < -0.39 is 28.8 Å². The number of carbonyl (C=O) groups is 2. The molecule has 3 aromatic rings. The summed E-state index contributed by atoms with van der Waals surface area (Å²) < 4.78 is 12.0. The van der Waals surface area contributed by atoms with Gasteiger partial charge in [0.05, 0.1) is 31.2 Å². The van der Waals surface area contributed by atoms with Gasteiger partial charge < -0.3 is 14.8 Å². The van der Waals surface area contributed by atoms with Gasteiger partial charge in [0, 0.05) is 23.6 Å². The number of rotatable bonds is 3. The number of hydrogen-bond donors (Lipinski definition) is 1. The number of fused-ring (bicyclic) bond motifs is 3. The lowest BCUT2D eigenvalue weighted by molar-refractivity contribution is -0.129. The van der Waals surface area contributed by atoms with Crippen molar-refractivity contribution < 1.29 is 19.1 Å². The third-order valence-electron chi connectivity index (χ3n) is 8.04. The summed E-state index contributed by atoms with van der Waals surface area (Å²) in [7, 11) is 1.50. The van der Waals surface area contributed by atoms with Crippen LogP contribution in [-0.4, -0.2) is 18.8 Å². The van der Waals surface area contributed by atoms with E-state index in [1.54, 1.807) is 18.2 Å². The van der Waals surface area contributed by atoms with Gasteiger partial charge in [-0.2, -0.15) is 10.5 Å². The number of nitrogens with one attached hydrogen (secondary N) is 1. The molecule has 38 heavy (non-hydrogen) atoms. The van der Waals surface area contributed by atoms with Crippen LogP contribution in [0.1, 0.15) is 41.6 Å². The summed E-state index contributed by atoms with van der Waals surface area (Å²) in [6, 6.07) is 28.1. The molecule has 1 aliphatic carbocycles. The van der Waals surface area contributed by atoms with E-state index in [2.05, 4.69) is 17.5 Å². The molecule has 7 nitrogen and oxygen atoms in total. The molecule has 6 rings (SSSR count). The highest BCUT2D eigenvalue weighted by atomic mass is 16.5. The van der Waals surface area contributed by atoms with Crippen LogP contribution in [0.15, 0.2) is 90.2 Å². The SMILES string of the molecule is COc1ccc2c(c1)C1(C(=O)N2)C2=C(C[C@H](c3ccccc3)C1(C#N)C#N)O[C@H](c1ccccc1)CC2=O. The maximum atomic E-state index is 14.2. The molecule has 0 aromatic heterocycles. The second kappa shape index (κ2) is 8.61. The molecule has 3 aliphatic rings. The summed E-state index contributed by atoms with van der Waals surface area (Å²) in [5.41, 5.74) is -1.40. The summed E-state index contributed by atoms with van der Waals surface area (Å²) in [6.45, 7) is 0. The number of Topliss-reactive ketones (excluding diaryl/α,β-unsaturated/α-hetero) is 1. The third kappa shape index (κ3) is 2.99.